The van der Waals surface area contributed by atoms with Gasteiger partial charge in [-0.15, -0.1) is 0 Å². The zero-order valence-corrected chi connectivity index (χ0v) is 12.4. The SMILES string of the molecule is CCN1CCC(CNC)C1c1cc(Cl)cc(Cl)c1. The van der Waals surface area contributed by atoms with Gasteiger partial charge in [-0.1, -0.05) is 30.1 Å². The summed E-state index contributed by atoms with van der Waals surface area (Å²) in [6, 6.07) is 6.33. The molecule has 0 amide bonds. The molecule has 1 heterocycles. The van der Waals surface area contributed by atoms with Gasteiger partial charge in [0.15, 0.2) is 0 Å². The fourth-order valence-electron chi connectivity index (χ4n) is 2.99. The van der Waals surface area contributed by atoms with Crippen molar-refractivity contribution in [3.63, 3.8) is 0 Å². The van der Waals surface area contributed by atoms with Crippen molar-refractivity contribution in [2.75, 3.05) is 26.7 Å². The van der Waals surface area contributed by atoms with Gasteiger partial charge in [-0.3, -0.25) is 4.90 Å². The predicted octanol–water partition coefficient (Wildman–Crippen LogP) is 3.60. The molecule has 100 valence electrons. The Morgan fingerprint density at radius 1 is 1.28 bits per heavy atom. The summed E-state index contributed by atoms with van der Waals surface area (Å²) in [4.78, 5) is 2.50. The van der Waals surface area contributed by atoms with Gasteiger partial charge in [-0.05, 0) is 62.8 Å². The van der Waals surface area contributed by atoms with E-state index in [4.69, 9.17) is 23.2 Å². The molecule has 0 radical (unpaired) electrons. The van der Waals surface area contributed by atoms with Crippen LogP contribution in [0.5, 0.6) is 0 Å². The van der Waals surface area contributed by atoms with Crippen LogP contribution in [0, 0.1) is 5.92 Å². The van der Waals surface area contributed by atoms with Crippen LogP contribution in [0.15, 0.2) is 18.2 Å². The van der Waals surface area contributed by atoms with Gasteiger partial charge in [0.25, 0.3) is 0 Å². The van der Waals surface area contributed by atoms with Crippen LogP contribution in [0.25, 0.3) is 0 Å². The van der Waals surface area contributed by atoms with E-state index in [-0.39, 0.29) is 0 Å². The Hall–Kier alpha value is -0.280. The summed E-state index contributed by atoms with van der Waals surface area (Å²) >= 11 is 12.3. The highest BCUT2D eigenvalue weighted by molar-refractivity contribution is 6.34. The van der Waals surface area contributed by atoms with Gasteiger partial charge in [0.1, 0.15) is 0 Å². The first-order valence-corrected chi connectivity index (χ1v) is 7.26. The normalized spacial score (nSPS) is 24.7. The summed E-state index contributed by atoms with van der Waals surface area (Å²) in [6.45, 7) is 5.46. The van der Waals surface area contributed by atoms with Crippen LogP contribution in [0.4, 0.5) is 0 Å². The smallest absolute Gasteiger partial charge is 0.0424 e. The average Bonchev–Trinajstić information content (AvgIpc) is 2.71. The lowest BCUT2D eigenvalue weighted by Gasteiger charge is -2.28. The van der Waals surface area contributed by atoms with Crippen LogP contribution >= 0.6 is 23.2 Å². The topological polar surface area (TPSA) is 15.3 Å². The van der Waals surface area contributed by atoms with Gasteiger partial charge in [0.2, 0.25) is 0 Å². The fourth-order valence-corrected chi connectivity index (χ4v) is 3.53. The second kappa shape index (κ2) is 6.25. The molecule has 2 nitrogen and oxygen atoms in total. The number of likely N-dealkylation sites (tertiary alicyclic amines) is 1. The van der Waals surface area contributed by atoms with Crippen LogP contribution in [-0.2, 0) is 0 Å². The minimum absolute atomic E-state index is 0.429. The molecule has 1 fully saturated rings. The summed E-state index contributed by atoms with van der Waals surface area (Å²) in [5, 5.41) is 4.74. The molecule has 2 unspecified atom stereocenters. The number of hydrogen-bond acceptors (Lipinski definition) is 2. The monoisotopic (exact) mass is 286 g/mol. The molecule has 2 atom stereocenters. The van der Waals surface area contributed by atoms with E-state index in [9.17, 15) is 0 Å². The van der Waals surface area contributed by atoms with Crippen LogP contribution in [-0.4, -0.2) is 31.6 Å². The van der Waals surface area contributed by atoms with E-state index in [2.05, 4.69) is 29.3 Å². The molecule has 0 spiro atoms. The molecule has 2 rings (SSSR count). The van der Waals surface area contributed by atoms with Crippen molar-refractivity contribution < 1.29 is 0 Å². The Bertz CT molecular complexity index is 389. The van der Waals surface area contributed by atoms with E-state index in [1.165, 1.54) is 12.0 Å². The quantitative estimate of drug-likeness (QED) is 0.910. The second-order valence-corrected chi connectivity index (χ2v) is 5.76. The van der Waals surface area contributed by atoms with E-state index in [0.29, 0.717) is 12.0 Å². The lowest BCUT2D eigenvalue weighted by atomic mass is 9.93. The number of halogens is 2. The van der Waals surface area contributed by atoms with E-state index >= 15 is 0 Å². The Morgan fingerprint density at radius 2 is 1.94 bits per heavy atom. The van der Waals surface area contributed by atoms with E-state index in [0.717, 1.165) is 29.7 Å². The van der Waals surface area contributed by atoms with Crippen molar-refractivity contribution in [2.24, 2.45) is 5.92 Å². The average molecular weight is 287 g/mol. The number of nitrogens with one attached hydrogen (secondary N) is 1. The molecule has 1 saturated heterocycles. The lowest BCUT2D eigenvalue weighted by Crippen LogP contribution is -2.29. The highest BCUT2D eigenvalue weighted by atomic mass is 35.5. The van der Waals surface area contributed by atoms with Gasteiger partial charge in [-0.2, -0.15) is 0 Å². The highest BCUT2D eigenvalue weighted by Crippen LogP contribution is 2.38. The van der Waals surface area contributed by atoms with Crippen molar-refractivity contribution in [1.82, 2.24) is 10.2 Å². The van der Waals surface area contributed by atoms with E-state index in [1.807, 2.05) is 7.05 Å². The van der Waals surface area contributed by atoms with Crippen molar-refractivity contribution in [3.05, 3.63) is 33.8 Å². The molecule has 0 bridgehead atoms. The van der Waals surface area contributed by atoms with Crippen LogP contribution in [0.3, 0.4) is 0 Å². The molecule has 1 N–H and O–H groups in total. The molecule has 4 heteroatoms. The summed E-state index contributed by atoms with van der Waals surface area (Å²) in [5.41, 5.74) is 1.24. The molecule has 18 heavy (non-hydrogen) atoms. The summed E-state index contributed by atoms with van der Waals surface area (Å²) in [5.74, 6) is 0.629. The van der Waals surface area contributed by atoms with Crippen LogP contribution in [0.2, 0.25) is 10.0 Å². The minimum Gasteiger partial charge on any atom is -0.319 e. The maximum atomic E-state index is 6.13. The van der Waals surface area contributed by atoms with Gasteiger partial charge >= 0.3 is 0 Å². The lowest BCUT2D eigenvalue weighted by molar-refractivity contribution is 0.238. The first kappa shape index (κ1) is 14.1. The Morgan fingerprint density at radius 3 is 2.50 bits per heavy atom. The zero-order valence-electron chi connectivity index (χ0n) is 10.9. The number of hydrogen-bond donors (Lipinski definition) is 1. The highest BCUT2D eigenvalue weighted by Gasteiger charge is 2.33. The number of rotatable bonds is 4. The number of benzene rings is 1. The summed E-state index contributed by atoms with van der Waals surface area (Å²) < 4.78 is 0. The first-order valence-electron chi connectivity index (χ1n) is 6.50. The minimum atomic E-state index is 0.429. The Kier molecular flexibility index (Phi) is 4.91. The zero-order chi connectivity index (χ0) is 13.1. The van der Waals surface area contributed by atoms with E-state index < -0.39 is 0 Å². The molecule has 1 aliphatic rings. The van der Waals surface area contributed by atoms with Crippen LogP contribution in [0.1, 0.15) is 24.9 Å². The molecule has 0 saturated carbocycles. The maximum Gasteiger partial charge on any atom is 0.0424 e. The van der Waals surface area contributed by atoms with Gasteiger partial charge in [0.05, 0.1) is 0 Å². The van der Waals surface area contributed by atoms with Crippen molar-refractivity contribution in [1.29, 1.82) is 0 Å². The molecule has 0 aliphatic carbocycles. The molecule has 0 aromatic heterocycles. The van der Waals surface area contributed by atoms with Crippen molar-refractivity contribution in [2.45, 2.75) is 19.4 Å². The largest absolute Gasteiger partial charge is 0.319 e. The molecule has 1 aliphatic heterocycles. The summed E-state index contributed by atoms with van der Waals surface area (Å²) in [7, 11) is 2.01. The Balaban J connectivity index is 2.30. The number of nitrogens with zero attached hydrogens (tertiary/aromatic N) is 1. The molecule has 1 aromatic rings. The first-order chi connectivity index (χ1) is 8.65. The maximum absolute atomic E-state index is 6.13. The second-order valence-electron chi connectivity index (χ2n) is 4.88. The van der Waals surface area contributed by atoms with E-state index in [1.54, 1.807) is 6.07 Å². The van der Waals surface area contributed by atoms with Crippen molar-refractivity contribution >= 4 is 23.2 Å². The fraction of sp³-hybridized carbons (Fsp3) is 0.571. The third-order valence-electron chi connectivity index (χ3n) is 3.73. The van der Waals surface area contributed by atoms with Crippen LogP contribution < -0.4 is 5.32 Å². The van der Waals surface area contributed by atoms with Crippen molar-refractivity contribution in [3.8, 4) is 0 Å². The van der Waals surface area contributed by atoms with Gasteiger partial charge in [-0.25, -0.2) is 0 Å². The van der Waals surface area contributed by atoms with Gasteiger partial charge < -0.3 is 5.32 Å². The third-order valence-corrected chi connectivity index (χ3v) is 4.16. The Labute approximate surface area is 119 Å². The predicted molar refractivity (Wildman–Crippen MR) is 78.5 cm³/mol. The standard InChI is InChI=1S/C14H20Cl2N2/c1-3-18-5-4-10(9-17-2)14(18)11-6-12(15)8-13(16)7-11/h6-8,10,14,17H,3-5,9H2,1-2H3. The third kappa shape index (κ3) is 3.00. The molecule has 1 aromatic carbocycles. The van der Waals surface area contributed by atoms with Gasteiger partial charge in [0, 0.05) is 16.1 Å². The molecular weight excluding hydrogens is 267 g/mol. The summed E-state index contributed by atoms with van der Waals surface area (Å²) in [6.07, 6.45) is 1.23. The molecular formula is C14H20Cl2N2.